The highest BCUT2D eigenvalue weighted by Gasteiger charge is 2.35. The molecule has 1 rings (SSSR count). The highest BCUT2D eigenvalue weighted by atomic mass is 16.6. The van der Waals surface area contributed by atoms with Crippen molar-refractivity contribution in [2.24, 2.45) is 0 Å². The average Bonchev–Trinajstić information content (AvgIpc) is 2.62. The second-order valence-corrected chi connectivity index (χ2v) is 5.15. The van der Waals surface area contributed by atoms with Gasteiger partial charge in [0.1, 0.15) is 5.60 Å². The maximum Gasteiger partial charge on any atom is 0.410 e. The maximum atomic E-state index is 11.8. The quantitative estimate of drug-likeness (QED) is 0.727. The molecule has 1 heterocycles. The van der Waals surface area contributed by atoms with Crippen molar-refractivity contribution in [1.29, 1.82) is 0 Å². The van der Waals surface area contributed by atoms with E-state index in [9.17, 15) is 9.59 Å². The number of hydrogen-bond acceptors (Lipinski definition) is 3. The highest BCUT2D eigenvalue weighted by Crippen LogP contribution is 2.22. The van der Waals surface area contributed by atoms with Crippen LogP contribution in [-0.4, -0.2) is 35.0 Å². The van der Waals surface area contributed by atoms with Crippen molar-refractivity contribution < 1.29 is 14.3 Å². The molecule has 1 amide bonds. The number of nitrogens with zero attached hydrogens (tertiary/aromatic N) is 1. The average molecular weight is 227 g/mol. The van der Waals surface area contributed by atoms with Gasteiger partial charge in [0.2, 0.25) is 0 Å². The van der Waals surface area contributed by atoms with Gasteiger partial charge in [-0.3, -0.25) is 9.69 Å². The van der Waals surface area contributed by atoms with Gasteiger partial charge in [0, 0.05) is 13.0 Å². The minimum Gasteiger partial charge on any atom is -0.444 e. The van der Waals surface area contributed by atoms with Crippen LogP contribution in [0.2, 0.25) is 0 Å². The Kier molecular flexibility index (Phi) is 3.94. The predicted octanol–water partition coefficient (Wildman–Crippen LogP) is 2.37. The van der Waals surface area contributed by atoms with Gasteiger partial charge in [-0.15, -0.1) is 0 Å². The van der Waals surface area contributed by atoms with Gasteiger partial charge in [-0.2, -0.15) is 0 Å². The number of ketones is 1. The summed E-state index contributed by atoms with van der Waals surface area (Å²) >= 11 is 0. The fourth-order valence-electron chi connectivity index (χ4n) is 1.88. The Morgan fingerprint density at radius 2 is 2.00 bits per heavy atom. The van der Waals surface area contributed by atoms with Crippen molar-refractivity contribution in [2.45, 2.75) is 58.6 Å². The Balaban J connectivity index is 2.65. The Labute approximate surface area is 96.9 Å². The van der Waals surface area contributed by atoms with Crippen molar-refractivity contribution in [1.82, 2.24) is 4.90 Å². The maximum absolute atomic E-state index is 11.8. The highest BCUT2D eigenvalue weighted by molar-refractivity contribution is 5.87. The summed E-state index contributed by atoms with van der Waals surface area (Å²) < 4.78 is 5.28. The summed E-state index contributed by atoms with van der Waals surface area (Å²) in [6, 6.07) is -0.264. The van der Waals surface area contributed by atoms with E-state index in [2.05, 4.69) is 0 Å². The summed E-state index contributed by atoms with van der Waals surface area (Å²) in [4.78, 5) is 25.1. The fraction of sp³-hybridized carbons (Fsp3) is 0.833. The van der Waals surface area contributed by atoms with Gasteiger partial charge in [-0.25, -0.2) is 4.79 Å². The number of carbonyl (C=O) groups excluding carboxylic acids is 2. The van der Waals surface area contributed by atoms with E-state index in [-0.39, 0.29) is 17.9 Å². The normalized spacial score (nSPS) is 21.0. The molecule has 1 aliphatic rings. The van der Waals surface area contributed by atoms with Crippen LogP contribution in [0.1, 0.15) is 47.0 Å². The first-order valence-corrected chi connectivity index (χ1v) is 5.87. The largest absolute Gasteiger partial charge is 0.444 e. The third-order valence-electron chi connectivity index (χ3n) is 2.60. The van der Waals surface area contributed by atoms with Crippen LogP contribution in [-0.2, 0) is 9.53 Å². The van der Waals surface area contributed by atoms with E-state index < -0.39 is 5.60 Å². The van der Waals surface area contributed by atoms with Gasteiger partial charge in [-0.05, 0) is 33.6 Å². The molecule has 1 aliphatic heterocycles. The van der Waals surface area contributed by atoms with E-state index in [1.54, 1.807) is 4.90 Å². The van der Waals surface area contributed by atoms with Crippen molar-refractivity contribution in [3.05, 3.63) is 0 Å². The van der Waals surface area contributed by atoms with Crippen LogP contribution in [0, 0.1) is 0 Å². The molecule has 0 aromatic carbocycles. The van der Waals surface area contributed by atoms with Crippen LogP contribution in [0.25, 0.3) is 0 Å². The second kappa shape index (κ2) is 4.85. The molecule has 0 N–H and O–H groups in total. The van der Waals surface area contributed by atoms with Crippen LogP contribution >= 0.6 is 0 Å². The molecule has 0 bridgehead atoms. The van der Waals surface area contributed by atoms with Gasteiger partial charge in [0.05, 0.1) is 6.04 Å². The Morgan fingerprint density at radius 3 is 2.50 bits per heavy atom. The third kappa shape index (κ3) is 3.22. The number of ether oxygens (including phenoxy) is 1. The molecule has 0 radical (unpaired) electrons. The minimum atomic E-state index is -0.501. The summed E-state index contributed by atoms with van der Waals surface area (Å²) in [6.07, 6.45) is 1.77. The number of amides is 1. The Hall–Kier alpha value is -1.06. The lowest BCUT2D eigenvalue weighted by molar-refractivity contribution is -0.123. The van der Waals surface area contributed by atoms with Crippen LogP contribution in [0.3, 0.4) is 0 Å². The first kappa shape index (κ1) is 13.0. The smallest absolute Gasteiger partial charge is 0.410 e. The zero-order chi connectivity index (χ0) is 12.3. The molecular weight excluding hydrogens is 206 g/mol. The van der Waals surface area contributed by atoms with Gasteiger partial charge >= 0.3 is 6.09 Å². The molecule has 1 saturated heterocycles. The molecule has 16 heavy (non-hydrogen) atoms. The minimum absolute atomic E-state index is 0.128. The van der Waals surface area contributed by atoms with E-state index in [1.165, 1.54) is 0 Å². The zero-order valence-corrected chi connectivity index (χ0v) is 10.6. The van der Waals surface area contributed by atoms with Crippen LogP contribution in [0.5, 0.6) is 0 Å². The molecule has 0 aromatic rings. The molecule has 1 unspecified atom stereocenters. The molecule has 92 valence electrons. The topological polar surface area (TPSA) is 46.6 Å². The standard InChI is InChI=1S/C12H21NO3/c1-5-10(14)9-7-6-8-13(9)11(15)16-12(2,3)4/h9H,5-8H2,1-4H3. The molecule has 0 spiro atoms. The zero-order valence-electron chi connectivity index (χ0n) is 10.6. The van der Waals surface area contributed by atoms with E-state index in [1.807, 2.05) is 27.7 Å². The van der Waals surface area contributed by atoms with Gasteiger partial charge < -0.3 is 4.74 Å². The van der Waals surface area contributed by atoms with E-state index in [4.69, 9.17) is 4.74 Å². The van der Waals surface area contributed by atoms with Gasteiger partial charge in [0.15, 0.2) is 5.78 Å². The summed E-state index contributed by atoms with van der Waals surface area (Å²) in [6.45, 7) is 7.95. The third-order valence-corrected chi connectivity index (χ3v) is 2.60. The van der Waals surface area contributed by atoms with E-state index >= 15 is 0 Å². The number of rotatable bonds is 2. The second-order valence-electron chi connectivity index (χ2n) is 5.15. The molecule has 1 atom stereocenters. The van der Waals surface area contributed by atoms with Crippen molar-refractivity contribution in [3.8, 4) is 0 Å². The van der Waals surface area contributed by atoms with E-state index in [0.717, 1.165) is 12.8 Å². The van der Waals surface area contributed by atoms with E-state index in [0.29, 0.717) is 13.0 Å². The summed E-state index contributed by atoms with van der Waals surface area (Å²) in [5.41, 5.74) is -0.501. The lowest BCUT2D eigenvalue weighted by atomic mass is 10.1. The van der Waals surface area contributed by atoms with Gasteiger partial charge in [0.25, 0.3) is 0 Å². The first-order valence-electron chi connectivity index (χ1n) is 5.87. The first-order chi connectivity index (χ1) is 7.35. The molecule has 4 nitrogen and oxygen atoms in total. The number of hydrogen-bond donors (Lipinski definition) is 0. The Bertz CT molecular complexity index is 280. The Morgan fingerprint density at radius 1 is 1.38 bits per heavy atom. The summed E-state index contributed by atoms with van der Waals surface area (Å²) in [5.74, 6) is 0.128. The molecule has 0 aromatic heterocycles. The van der Waals surface area contributed by atoms with Crippen molar-refractivity contribution >= 4 is 11.9 Å². The van der Waals surface area contributed by atoms with Crippen LogP contribution in [0.15, 0.2) is 0 Å². The van der Waals surface area contributed by atoms with Crippen LogP contribution in [0.4, 0.5) is 4.79 Å². The fourth-order valence-corrected chi connectivity index (χ4v) is 1.88. The number of carbonyl (C=O) groups is 2. The lowest BCUT2D eigenvalue weighted by Crippen LogP contribution is -2.43. The SMILES string of the molecule is CCC(=O)C1CCCN1C(=O)OC(C)(C)C. The number of Topliss-reactive ketones (excluding diaryl/α,β-unsaturated/α-hetero) is 1. The molecular formula is C12H21NO3. The van der Waals surface area contributed by atoms with Crippen LogP contribution < -0.4 is 0 Å². The molecule has 0 saturated carbocycles. The molecule has 1 fully saturated rings. The van der Waals surface area contributed by atoms with Crippen molar-refractivity contribution in [3.63, 3.8) is 0 Å². The van der Waals surface area contributed by atoms with Crippen molar-refractivity contribution in [2.75, 3.05) is 6.54 Å². The predicted molar refractivity (Wildman–Crippen MR) is 61.3 cm³/mol. The molecule has 4 heteroatoms. The lowest BCUT2D eigenvalue weighted by Gasteiger charge is -2.27. The summed E-state index contributed by atoms with van der Waals surface area (Å²) in [7, 11) is 0. The summed E-state index contributed by atoms with van der Waals surface area (Å²) in [5, 5.41) is 0. The van der Waals surface area contributed by atoms with Gasteiger partial charge in [-0.1, -0.05) is 6.92 Å². The number of likely N-dealkylation sites (tertiary alicyclic amines) is 1. The monoisotopic (exact) mass is 227 g/mol. The molecule has 0 aliphatic carbocycles.